The first-order valence-electron chi connectivity index (χ1n) is 6.90. The van der Waals surface area contributed by atoms with Crippen molar-refractivity contribution in [2.24, 2.45) is 5.41 Å². The topological polar surface area (TPSA) is 56.0 Å². The van der Waals surface area contributed by atoms with Crippen LogP contribution in [0, 0.1) is 16.7 Å². The van der Waals surface area contributed by atoms with Gasteiger partial charge in [0.1, 0.15) is 0 Å². The summed E-state index contributed by atoms with van der Waals surface area (Å²) in [5.74, 6) is 0. The van der Waals surface area contributed by atoms with Crippen LogP contribution in [0.5, 0.6) is 0 Å². The fraction of sp³-hybridized carbons (Fsp3) is 0.353. The molecule has 2 aromatic carbocycles. The summed E-state index contributed by atoms with van der Waals surface area (Å²) in [6.45, 7) is 4.15. The molecular formula is C17H18N2O. The molecule has 0 aromatic heterocycles. The fourth-order valence-electron chi connectivity index (χ4n) is 2.86. The summed E-state index contributed by atoms with van der Waals surface area (Å²) in [5, 5.41) is 24.6. The van der Waals surface area contributed by atoms with Crippen LogP contribution in [0.2, 0.25) is 0 Å². The van der Waals surface area contributed by atoms with Crippen molar-refractivity contribution in [2.75, 3.05) is 5.32 Å². The maximum atomic E-state index is 9.84. The molecule has 0 heterocycles. The summed E-state index contributed by atoms with van der Waals surface area (Å²) in [6, 6.07) is 14.2. The number of nitrogens with one attached hydrogen (secondary N) is 1. The molecule has 1 aliphatic carbocycles. The van der Waals surface area contributed by atoms with Gasteiger partial charge in [0.15, 0.2) is 0 Å². The second-order valence-electron chi connectivity index (χ2n) is 6.09. The van der Waals surface area contributed by atoms with Crippen LogP contribution < -0.4 is 5.32 Å². The molecule has 1 fully saturated rings. The van der Waals surface area contributed by atoms with Crippen molar-refractivity contribution < 1.29 is 5.11 Å². The lowest BCUT2D eigenvalue weighted by atomic mass is 9.64. The molecule has 20 heavy (non-hydrogen) atoms. The lowest BCUT2D eigenvalue weighted by Gasteiger charge is -2.50. The van der Waals surface area contributed by atoms with Crippen molar-refractivity contribution in [1.29, 1.82) is 5.26 Å². The Hall–Kier alpha value is -2.05. The van der Waals surface area contributed by atoms with E-state index in [0.29, 0.717) is 5.56 Å². The summed E-state index contributed by atoms with van der Waals surface area (Å²) in [7, 11) is 0. The number of aliphatic hydroxyl groups excluding tert-OH is 1. The number of aliphatic hydroxyl groups is 1. The van der Waals surface area contributed by atoms with Gasteiger partial charge in [0.25, 0.3) is 0 Å². The molecule has 2 atom stereocenters. The highest BCUT2D eigenvalue weighted by Crippen LogP contribution is 2.43. The monoisotopic (exact) mass is 266 g/mol. The normalized spacial score (nSPS) is 23.9. The van der Waals surface area contributed by atoms with Gasteiger partial charge in [0, 0.05) is 27.9 Å². The number of fused-ring (bicyclic) bond motifs is 1. The van der Waals surface area contributed by atoms with Gasteiger partial charge in [-0.05, 0) is 18.6 Å². The summed E-state index contributed by atoms with van der Waals surface area (Å²) >= 11 is 0. The maximum absolute atomic E-state index is 9.84. The van der Waals surface area contributed by atoms with Gasteiger partial charge in [-0.3, -0.25) is 0 Å². The Bertz CT molecular complexity index is 700. The second kappa shape index (κ2) is 4.50. The van der Waals surface area contributed by atoms with Gasteiger partial charge in [-0.15, -0.1) is 0 Å². The number of nitrogens with zero attached hydrogens (tertiary/aromatic N) is 1. The van der Waals surface area contributed by atoms with Crippen molar-refractivity contribution in [3.8, 4) is 6.07 Å². The van der Waals surface area contributed by atoms with Gasteiger partial charge in [-0.25, -0.2) is 0 Å². The van der Waals surface area contributed by atoms with E-state index < -0.39 is 0 Å². The summed E-state index contributed by atoms with van der Waals surface area (Å²) in [6.07, 6.45) is 0.520. The molecule has 1 saturated carbocycles. The Morgan fingerprint density at radius 2 is 1.90 bits per heavy atom. The number of anilines is 1. The Labute approximate surface area is 118 Å². The van der Waals surface area contributed by atoms with Crippen LogP contribution in [0.25, 0.3) is 10.8 Å². The number of benzene rings is 2. The zero-order valence-corrected chi connectivity index (χ0v) is 11.7. The molecule has 0 amide bonds. The Kier molecular flexibility index (Phi) is 2.92. The number of hydrogen-bond donors (Lipinski definition) is 2. The van der Waals surface area contributed by atoms with Crippen LogP contribution in [0.1, 0.15) is 25.8 Å². The van der Waals surface area contributed by atoms with Crippen LogP contribution in [0.15, 0.2) is 36.4 Å². The van der Waals surface area contributed by atoms with E-state index in [1.54, 1.807) is 0 Å². The molecule has 1 aliphatic rings. The number of nitriles is 1. The van der Waals surface area contributed by atoms with Crippen LogP contribution in [0.3, 0.4) is 0 Å². The highest BCUT2D eigenvalue weighted by Gasteiger charge is 2.47. The van der Waals surface area contributed by atoms with E-state index in [4.69, 9.17) is 0 Å². The highest BCUT2D eigenvalue weighted by atomic mass is 16.3. The first kappa shape index (κ1) is 13.0. The van der Waals surface area contributed by atoms with Crippen molar-refractivity contribution in [3.63, 3.8) is 0 Å². The largest absolute Gasteiger partial charge is 0.392 e. The molecule has 0 radical (unpaired) electrons. The van der Waals surface area contributed by atoms with Crippen LogP contribution >= 0.6 is 0 Å². The molecular weight excluding hydrogens is 248 g/mol. The van der Waals surface area contributed by atoms with Gasteiger partial charge in [-0.1, -0.05) is 38.1 Å². The molecule has 2 N–H and O–H groups in total. The van der Waals surface area contributed by atoms with Crippen molar-refractivity contribution in [1.82, 2.24) is 0 Å². The molecule has 2 aromatic rings. The quantitative estimate of drug-likeness (QED) is 0.877. The fourth-order valence-corrected chi connectivity index (χ4v) is 2.86. The standard InChI is InChI=1S/C17H18N2O/c1-17(2)15(9-16(17)20)19-14-8-7-11(10-18)12-5-3-4-6-13(12)14/h3-8,15-16,19-20H,9H2,1-2H3. The molecule has 3 heteroatoms. The lowest BCUT2D eigenvalue weighted by molar-refractivity contribution is -0.0510. The van der Waals surface area contributed by atoms with Crippen molar-refractivity contribution >= 4 is 16.5 Å². The molecule has 0 spiro atoms. The summed E-state index contributed by atoms with van der Waals surface area (Å²) in [4.78, 5) is 0. The zero-order chi connectivity index (χ0) is 14.3. The first-order chi connectivity index (χ1) is 9.54. The van der Waals surface area contributed by atoms with Crippen molar-refractivity contribution in [3.05, 3.63) is 42.0 Å². The predicted octanol–water partition coefficient (Wildman–Crippen LogP) is 3.28. The van der Waals surface area contributed by atoms with Gasteiger partial charge < -0.3 is 10.4 Å². The zero-order valence-electron chi connectivity index (χ0n) is 11.7. The minimum absolute atomic E-state index is 0.116. The minimum atomic E-state index is -0.246. The SMILES string of the molecule is CC1(C)C(O)CC1Nc1ccc(C#N)c2ccccc12. The third-order valence-corrected chi connectivity index (χ3v) is 4.59. The first-order valence-corrected chi connectivity index (χ1v) is 6.90. The van der Waals surface area contributed by atoms with Crippen LogP contribution in [-0.4, -0.2) is 17.3 Å². The van der Waals surface area contributed by atoms with Crippen molar-refractivity contribution in [2.45, 2.75) is 32.4 Å². The van der Waals surface area contributed by atoms with Gasteiger partial charge >= 0.3 is 0 Å². The van der Waals surface area contributed by atoms with Crippen LogP contribution in [-0.2, 0) is 0 Å². The Morgan fingerprint density at radius 3 is 2.50 bits per heavy atom. The van der Waals surface area contributed by atoms with Gasteiger partial charge in [-0.2, -0.15) is 5.26 Å². The van der Waals surface area contributed by atoms with E-state index >= 15 is 0 Å². The molecule has 102 valence electrons. The summed E-state index contributed by atoms with van der Waals surface area (Å²) in [5.41, 5.74) is 1.61. The van der Waals surface area contributed by atoms with E-state index in [2.05, 4.69) is 25.2 Å². The van der Waals surface area contributed by atoms with E-state index in [-0.39, 0.29) is 17.6 Å². The lowest BCUT2D eigenvalue weighted by Crippen LogP contribution is -2.56. The smallest absolute Gasteiger partial charge is 0.0998 e. The number of rotatable bonds is 2. The third-order valence-electron chi connectivity index (χ3n) is 4.59. The molecule has 3 nitrogen and oxygen atoms in total. The van der Waals surface area contributed by atoms with Gasteiger partial charge in [0.05, 0.1) is 17.7 Å². The maximum Gasteiger partial charge on any atom is 0.0998 e. The average Bonchev–Trinajstić information content (AvgIpc) is 2.47. The highest BCUT2D eigenvalue weighted by molar-refractivity contribution is 5.97. The second-order valence-corrected chi connectivity index (χ2v) is 6.09. The summed E-state index contributed by atoms with van der Waals surface area (Å²) < 4.78 is 0. The molecule has 3 rings (SSSR count). The van der Waals surface area contributed by atoms with E-state index in [9.17, 15) is 10.4 Å². The molecule has 2 unspecified atom stereocenters. The average molecular weight is 266 g/mol. The predicted molar refractivity (Wildman–Crippen MR) is 80.5 cm³/mol. The minimum Gasteiger partial charge on any atom is -0.392 e. The van der Waals surface area contributed by atoms with E-state index in [0.717, 1.165) is 22.9 Å². The molecule has 0 saturated heterocycles. The number of hydrogen-bond acceptors (Lipinski definition) is 3. The molecule has 0 bridgehead atoms. The third kappa shape index (κ3) is 1.85. The Morgan fingerprint density at radius 1 is 1.20 bits per heavy atom. The van der Waals surface area contributed by atoms with Gasteiger partial charge in [0.2, 0.25) is 0 Å². The Balaban J connectivity index is 2.00. The van der Waals surface area contributed by atoms with E-state index in [1.807, 2.05) is 36.4 Å². The van der Waals surface area contributed by atoms with E-state index in [1.165, 1.54) is 0 Å². The van der Waals surface area contributed by atoms with Crippen LogP contribution in [0.4, 0.5) is 5.69 Å². The molecule has 0 aliphatic heterocycles.